The Hall–Kier alpha value is -5.95. The van der Waals surface area contributed by atoms with Crippen molar-refractivity contribution in [3.63, 3.8) is 0 Å². The Morgan fingerprint density at radius 1 is 0.420 bits per heavy atom. The van der Waals surface area contributed by atoms with Crippen LogP contribution < -0.4 is 15.9 Å². The third-order valence-electron chi connectivity index (χ3n) is 10.7. The minimum atomic E-state index is -3.14. The Bertz CT molecular complexity index is 2720. The molecule has 10 rings (SSSR count). The SMILES string of the molecule is O=P(c1ccccc1)(c1ccccc1)c1ccc(C2(c3ccccc3)c3ccccc3-n3c4cc5ccccc5cc4c4cccc2c43)cc1. The standard InChI is InChI=1S/C47H32NOP/c49-50(37-19-6-2-7-20-37,38-21-8-3-9-22-38)39-29-27-36(28-30-39)47(35-17-4-1-5-18-35)42-24-12-13-26-44(42)48-45-32-34-16-11-10-15-33(34)31-41(45)40-23-14-25-43(47)46(40)48/h1-32H. The molecular weight excluding hydrogens is 625 g/mol. The first kappa shape index (κ1) is 29.0. The molecule has 1 atom stereocenters. The zero-order chi connectivity index (χ0) is 33.3. The van der Waals surface area contributed by atoms with Crippen LogP contribution in [0.1, 0.15) is 22.3 Å². The minimum absolute atomic E-state index is 0.622. The highest BCUT2D eigenvalue weighted by atomic mass is 31.2. The fourth-order valence-electron chi connectivity index (χ4n) is 8.56. The van der Waals surface area contributed by atoms with E-state index in [1.807, 2.05) is 60.7 Å². The summed E-state index contributed by atoms with van der Waals surface area (Å²) in [7, 11) is -3.14. The fourth-order valence-corrected chi connectivity index (χ4v) is 11.2. The van der Waals surface area contributed by atoms with Gasteiger partial charge in [0.05, 0.1) is 22.1 Å². The first-order chi connectivity index (χ1) is 24.7. The van der Waals surface area contributed by atoms with E-state index in [2.05, 4.69) is 138 Å². The first-order valence-electron chi connectivity index (χ1n) is 17.1. The number of hydrogen-bond donors (Lipinski definition) is 0. The van der Waals surface area contributed by atoms with Crippen LogP contribution in [0.4, 0.5) is 0 Å². The summed E-state index contributed by atoms with van der Waals surface area (Å²) in [5, 5.41) is 7.46. The van der Waals surface area contributed by atoms with Crippen LogP contribution in [-0.2, 0) is 9.98 Å². The molecule has 0 amide bonds. The lowest BCUT2D eigenvalue weighted by molar-refractivity contribution is 0.592. The van der Waals surface area contributed by atoms with Crippen LogP contribution in [0.25, 0.3) is 38.3 Å². The van der Waals surface area contributed by atoms with Gasteiger partial charge in [0.25, 0.3) is 0 Å². The van der Waals surface area contributed by atoms with E-state index in [4.69, 9.17) is 0 Å². The molecule has 1 aromatic heterocycles. The summed E-state index contributed by atoms with van der Waals surface area (Å²) in [6.45, 7) is 0. The van der Waals surface area contributed by atoms with Crippen molar-refractivity contribution in [1.82, 2.24) is 4.57 Å². The van der Waals surface area contributed by atoms with E-state index in [-0.39, 0.29) is 0 Å². The Balaban J connectivity index is 1.29. The van der Waals surface area contributed by atoms with Crippen LogP contribution in [0.2, 0.25) is 0 Å². The van der Waals surface area contributed by atoms with Crippen molar-refractivity contribution < 1.29 is 4.57 Å². The van der Waals surface area contributed by atoms with E-state index in [9.17, 15) is 0 Å². The zero-order valence-corrected chi connectivity index (χ0v) is 28.2. The summed E-state index contributed by atoms with van der Waals surface area (Å²) in [5.41, 5.74) is 7.79. The lowest BCUT2D eigenvalue weighted by Gasteiger charge is -2.41. The molecule has 1 aliphatic heterocycles. The largest absolute Gasteiger partial charge is 0.309 e. The molecule has 0 saturated carbocycles. The molecule has 1 aliphatic rings. The fraction of sp³-hybridized carbons (Fsp3) is 0.0213. The average Bonchev–Trinajstić information content (AvgIpc) is 3.52. The second-order valence-electron chi connectivity index (χ2n) is 13.2. The van der Waals surface area contributed by atoms with Gasteiger partial charge >= 0.3 is 0 Å². The maximum Gasteiger partial charge on any atom is 0.171 e. The lowest BCUT2D eigenvalue weighted by atomic mass is 9.63. The molecule has 0 radical (unpaired) electrons. The summed E-state index contributed by atoms with van der Waals surface area (Å²) in [4.78, 5) is 0. The van der Waals surface area contributed by atoms with Crippen molar-refractivity contribution in [1.29, 1.82) is 0 Å². The smallest absolute Gasteiger partial charge is 0.171 e. The van der Waals surface area contributed by atoms with E-state index in [0.29, 0.717) is 0 Å². The molecular formula is C47H32NOP. The van der Waals surface area contributed by atoms with E-state index < -0.39 is 12.6 Å². The molecule has 0 fully saturated rings. The molecule has 8 aromatic carbocycles. The van der Waals surface area contributed by atoms with Crippen LogP contribution in [0.5, 0.6) is 0 Å². The molecule has 1 unspecified atom stereocenters. The van der Waals surface area contributed by atoms with Gasteiger partial charge in [-0.15, -0.1) is 0 Å². The van der Waals surface area contributed by atoms with Gasteiger partial charge < -0.3 is 9.13 Å². The van der Waals surface area contributed by atoms with Gasteiger partial charge in [0, 0.05) is 26.7 Å². The number of nitrogens with zero attached hydrogens (tertiary/aromatic N) is 1. The number of aromatic nitrogens is 1. The Labute approximate surface area is 291 Å². The van der Waals surface area contributed by atoms with Crippen molar-refractivity contribution in [2.24, 2.45) is 0 Å². The zero-order valence-electron chi connectivity index (χ0n) is 27.3. The van der Waals surface area contributed by atoms with E-state index in [1.165, 1.54) is 55.0 Å². The van der Waals surface area contributed by atoms with Crippen molar-refractivity contribution >= 4 is 55.6 Å². The van der Waals surface area contributed by atoms with Gasteiger partial charge in [-0.3, -0.25) is 0 Å². The van der Waals surface area contributed by atoms with Gasteiger partial charge in [-0.1, -0.05) is 176 Å². The Morgan fingerprint density at radius 3 is 1.62 bits per heavy atom. The molecule has 9 aromatic rings. The van der Waals surface area contributed by atoms with Crippen LogP contribution in [0, 0.1) is 0 Å². The Kier molecular flexibility index (Phi) is 6.40. The van der Waals surface area contributed by atoms with Crippen molar-refractivity contribution in [3.8, 4) is 5.69 Å². The first-order valence-corrected chi connectivity index (χ1v) is 18.8. The van der Waals surface area contributed by atoms with Gasteiger partial charge in [0.15, 0.2) is 7.14 Å². The molecule has 0 bridgehead atoms. The highest BCUT2D eigenvalue weighted by molar-refractivity contribution is 7.85. The van der Waals surface area contributed by atoms with Crippen molar-refractivity contribution in [2.45, 2.75) is 5.41 Å². The third-order valence-corrected chi connectivity index (χ3v) is 13.8. The van der Waals surface area contributed by atoms with Crippen LogP contribution in [-0.4, -0.2) is 4.57 Å². The molecule has 0 saturated heterocycles. The second-order valence-corrected chi connectivity index (χ2v) is 16.0. The minimum Gasteiger partial charge on any atom is -0.309 e. The lowest BCUT2D eigenvalue weighted by Crippen LogP contribution is -2.35. The molecule has 0 spiro atoms. The summed E-state index contributed by atoms with van der Waals surface area (Å²) >= 11 is 0. The van der Waals surface area contributed by atoms with Crippen molar-refractivity contribution in [2.75, 3.05) is 0 Å². The van der Waals surface area contributed by atoms with E-state index in [1.54, 1.807) is 0 Å². The molecule has 50 heavy (non-hydrogen) atoms. The van der Waals surface area contributed by atoms with E-state index in [0.717, 1.165) is 21.5 Å². The number of fused-ring (bicyclic) bond motifs is 6. The second kappa shape index (κ2) is 11.0. The number of hydrogen-bond acceptors (Lipinski definition) is 1. The number of rotatable bonds is 5. The van der Waals surface area contributed by atoms with Gasteiger partial charge in [0.1, 0.15) is 0 Å². The Morgan fingerprint density at radius 2 is 0.940 bits per heavy atom. The quantitative estimate of drug-likeness (QED) is 0.169. The van der Waals surface area contributed by atoms with Crippen molar-refractivity contribution in [3.05, 3.63) is 216 Å². The highest BCUT2D eigenvalue weighted by Gasteiger charge is 2.45. The average molecular weight is 658 g/mol. The molecule has 2 nitrogen and oxygen atoms in total. The van der Waals surface area contributed by atoms with Gasteiger partial charge in [-0.2, -0.15) is 0 Å². The van der Waals surface area contributed by atoms with Crippen LogP contribution in [0.3, 0.4) is 0 Å². The molecule has 236 valence electrons. The number of para-hydroxylation sites is 2. The van der Waals surface area contributed by atoms with Gasteiger partial charge in [-0.05, 0) is 51.2 Å². The monoisotopic (exact) mass is 657 g/mol. The predicted octanol–water partition coefficient (Wildman–Crippen LogP) is 10.3. The van der Waals surface area contributed by atoms with E-state index >= 15 is 4.57 Å². The number of benzene rings is 8. The highest BCUT2D eigenvalue weighted by Crippen LogP contribution is 2.54. The topological polar surface area (TPSA) is 22.0 Å². The van der Waals surface area contributed by atoms with Crippen LogP contribution in [0.15, 0.2) is 194 Å². The molecule has 3 heteroatoms. The summed E-state index contributed by atoms with van der Waals surface area (Å²) in [6, 6.07) is 68.4. The van der Waals surface area contributed by atoms with Gasteiger partial charge in [0.2, 0.25) is 0 Å². The normalized spacial score (nSPS) is 15.4. The molecule has 0 N–H and O–H groups in total. The van der Waals surface area contributed by atoms with Crippen LogP contribution >= 0.6 is 7.14 Å². The third kappa shape index (κ3) is 3.94. The molecule has 2 heterocycles. The predicted molar refractivity (Wildman–Crippen MR) is 210 cm³/mol. The summed E-state index contributed by atoms with van der Waals surface area (Å²) in [6.07, 6.45) is 0. The summed E-state index contributed by atoms with van der Waals surface area (Å²) < 4.78 is 17.8. The summed E-state index contributed by atoms with van der Waals surface area (Å²) in [5.74, 6) is 0. The van der Waals surface area contributed by atoms with Gasteiger partial charge in [-0.25, -0.2) is 0 Å². The maximum atomic E-state index is 15.4. The maximum absolute atomic E-state index is 15.4. The molecule has 0 aliphatic carbocycles.